The predicted molar refractivity (Wildman–Crippen MR) is 154 cm³/mol. The predicted octanol–water partition coefficient (Wildman–Crippen LogP) is 4.67. The fraction of sp³-hybridized carbons (Fsp3) is 0.161. The molecule has 0 aliphatic heterocycles. The standard InChI is InChI=1S/C31H29N3O7S/c35-29(32-20-8-7-11-23-9-3-1-4-10-23)25-14-17-27(18-15-25)42(38,39)34-30(36)26-16-19-28(33-21-26)41-31(37)40-22-24-12-5-2-6-13-24/h1-6,9-10,12-19,21H,7-8,11,20,22H2,(H,32,35)(H,34,36). The Morgan fingerprint density at radius 2 is 1.36 bits per heavy atom. The summed E-state index contributed by atoms with van der Waals surface area (Å²) in [5, 5.41) is 2.82. The number of aromatic nitrogens is 1. The lowest BCUT2D eigenvalue weighted by Crippen LogP contribution is -2.30. The van der Waals surface area contributed by atoms with Crippen molar-refractivity contribution in [2.45, 2.75) is 30.8 Å². The monoisotopic (exact) mass is 587 g/mol. The van der Waals surface area contributed by atoms with Crippen molar-refractivity contribution in [2.24, 2.45) is 0 Å². The van der Waals surface area contributed by atoms with E-state index in [0.717, 1.165) is 31.0 Å². The maximum atomic E-state index is 12.7. The van der Waals surface area contributed by atoms with E-state index in [1.165, 1.54) is 42.0 Å². The van der Waals surface area contributed by atoms with E-state index in [0.29, 0.717) is 12.1 Å². The molecule has 0 aliphatic rings. The molecule has 0 aliphatic carbocycles. The van der Waals surface area contributed by atoms with Gasteiger partial charge in [0.15, 0.2) is 0 Å². The summed E-state index contributed by atoms with van der Waals surface area (Å²) in [4.78, 5) is 40.5. The Labute approximate surface area is 243 Å². The van der Waals surface area contributed by atoms with Gasteiger partial charge in [0.1, 0.15) is 6.61 Å². The molecule has 1 heterocycles. The third kappa shape index (κ3) is 9.00. The van der Waals surface area contributed by atoms with Crippen LogP contribution in [0.4, 0.5) is 4.79 Å². The zero-order valence-corrected chi connectivity index (χ0v) is 23.4. The molecule has 0 unspecified atom stereocenters. The quantitative estimate of drug-likeness (QED) is 0.180. The molecule has 0 radical (unpaired) electrons. The van der Waals surface area contributed by atoms with Crippen LogP contribution in [0, 0.1) is 0 Å². The molecule has 1 aromatic heterocycles. The number of carbonyl (C=O) groups is 3. The van der Waals surface area contributed by atoms with Crippen LogP contribution in [0.1, 0.15) is 44.7 Å². The van der Waals surface area contributed by atoms with Crippen LogP contribution in [-0.2, 0) is 27.8 Å². The number of carbonyl (C=O) groups excluding carboxylic acids is 3. The molecule has 42 heavy (non-hydrogen) atoms. The summed E-state index contributed by atoms with van der Waals surface area (Å²) in [6.45, 7) is 0.507. The van der Waals surface area contributed by atoms with Crippen molar-refractivity contribution in [2.75, 3.05) is 6.54 Å². The molecule has 2 N–H and O–H groups in total. The van der Waals surface area contributed by atoms with Gasteiger partial charge in [-0.15, -0.1) is 0 Å². The lowest BCUT2D eigenvalue weighted by molar-refractivity contribution is 0.0910. The van der Waals surface area contributed by atoms with E-state index < -0.39 is 22.1 Å². The molecule has 10 nitrogen and oxygen atoms in total. The van der Waals surface area contributed by atoms with Crippen LogP contribution in [0.25, 0.3) is 0 Å². The van der Waals surface area contributed by atoms with Crippen molar-refractivity contribution in [3.8, 4) is 5.88 Å². The minimum Gasteiger partial charge on any atom is -0.429 e. The molecule has 11 heteroatoms. The number of rotatable bonds is 12. The number of aryl methyl sites for hydroxylation is 1. The molecular weight excluding hydrogens is 558 g/mol. The van der Waals surface area contributed by atoms with Gasteiger partial charge in [-0.1, -0.05) is 60.7 Å². The third-order valence-corrected chi connectivity index (χ3v) is 7.41. The third-order valence-electron chi connectivity index (χ3n) is 6.06. The van der Waals surface area contributed by atoms with Gasteiger partial charge in [-0.05, 0) is 60.7 Å². The fourth-order valence-corrected chi connectivity index (χ4v) is 4.81. The van der Waals surface area contributed by atoms with Crippen LogP contribution in [0.2, 0.25) is 0 Å². The molecule has 4 aromatic rings. The summed E-state index contributed by atoms with van der Waals surface area (Å²) in [5.74, 6) is -1.38. The van der Waals surface area contributed by atoms with Crippen LogP contribution in [-0.4, -0.2) is 37.9 Å². The van der Waals surface area contributed by atoms with E-state index in [-0.39, 0.29) is 28.9 Å². The highest BCUT2D eigenvalue weighted by Crippen LogP contribution is 2.14. The van der Waals surface area contributed by atoms with Crippen LogP contribution >= 0.6 is 0 Å². The Bertz CT molecular complexity index is 1590. The molecule has 0 fully saturated rings. The second-order valence-electron chi connectivity index (χ2n) is 9.17. The summed E-state index contributed by atoms with van der Waals surface area (Å²) in [6, 6.07) is 26.8. The van der Waals surface area contributed by atoms with Crippen molar-refractivity contribution in [1.29, 1.82) is 0 Å². The minimum atomic E-state index is -4.23. The Kier molecular flexibility index (Phi) is 10.4. The lowest BCUT2D eigenvalue weighted by atomic mass is 10.1. The van der Waals surface area contributed by atoms with E-state index >= 15 is 0 Å². The average Bonchev–Trinajstić information content (AvgIpc) is 3.01. The van der Waals surface area contributed by atoms with Crippen LogP contribution < -0.4 is 14.8 Å². The number of hydrogen-bond acceptors (Lipinski definition) is 8. The molecule has 2 amide bonds. The van der Waals surface area contributed by atoms with E-state index in [2.05, 4.69) is 22.4 Å². The first-order valence-electron chi connectivity index (χ1n) is 13.1. The highest BCUT2D eigenvalue weighted by molar-refractivity contribution is 7.90. The Morgan fingerprint density at radius 1 is 0.714 bits per heavy atom. The summed E-state index contributed by atoms with van der Waals surface area (Å²) < 4.78 is 37.4. The number of nitrogens with one attached hydrogen (secondary N) is 2. The van der Waals surface area contributed by atoms with Gasteiger partial charge in [-0.3, -0.25) is 9.59 Å². The number of sulfonamides is 1. The highest BCUT2D eigenvalue weighted by Gasteiger charge is 2.20. The number of hydrogen-bond donors (Lipinski definition) is 2. The molecule has 0 bridgehead atoms. The molecule has 0 saturated carbocycles. The molecule has 216 valence electrons. The zero-order chi connectivity index (χ0) is 29.8. The van der Waals surface area contributed by atoms with Gasteiger partial charge in [0.05, 0.1) is 10.5 Å². The summed E-state index contributed by atoms with van der Waals surface area (Å²) in [6.07, 6.45) is 2.74. The summed E-state index contributed by atoms with van der Waals surface area (Å²) in [7, 11) is -4.23. The number of nitrogens with zero attached hydrogens (tertiary/aromatic N) is 1. The van der Waals surface area contributed by atoms with Gasteiger partial charge in [-0.2, -0.15) is 0 Å². The van der Waals surface area contributed by atoms with Gasteiger partial charge in [0.2, 0.25) is 5.88 Å². The molecule has 0 spiro atoms. The largest absolute Gasteiger partial charge is 0.515 e. The Balaban J connectivity index is 1.23. The first-order chi connectivity index (χ1) is 20.3. The number of amides is 2. The van der Waals surface area contributed by atoms with E-state index in [1.807, 2.05) is 29.0 Å². The first-order valence-corrected chi connectivity index (χ1v) is 14.6. The molecule has 3 aromatic carbocycles. The zero-order valence-electron chi connectivity index (χ0n) is 22.6. The molecule has 0 saturated heterocycles. The van der Waals surface area contributed by atoms with Gasteiger partial charge >= 0.3 is 6.16 Å². The number of ether oxygens (including phenoxy) is 2. The Morgan fingerprint density at radius 3 is 2.00 bits per heavy atom. The van der Waals surface area contributed by atoms with Gasteiger partial charge in [0.25, 0.3) is 21.8 Å². The van der Waals surface area contributed by atoms with Gasteiger partial charge in [-0.25, -0.2) is 22.9 Å². The van der Waals surface area contributed by atoms with Crippen LogP contribution in [0.15, 0.2) is 108 Å². The smallest absolute Gasteiger partial charge is 0.429 e. The van der Waals surface area contributed by atoms with Crippen molar-refractivity contribution >= 4 is 28.0 Å². The van der Waals surface area contributed by atoms with Crippen molar-refractivity contribution < 1.29 is 32.3 Å². The lowest BCUT2D eigenvalue weighted by Gasteiger charge is -2.09. The highest BCUT2D eigenvalue weighted by atomic mass is 32.2. The second kappa shape index (κ2) is 14.6. The minimum absolute atomic E-state index is 0.0128. The normalized spacial score (nSPS) is 10.9. The molecular formula is C31H29N3O7S. The first kappa shape index (κ1) is 29.9. The maximum absolute atomic E-state index is 12.7. The second-order valence-corrected chi connectivity index (χ2v) is 10.9. The fourth-order valence-electron chi connectivity index (χ4n) is 3.83. The molecule has 0 atom stereocenters. The van der Waals surface area contributed by atoms with E-state index in [1.54, 1.807) is 24.3 Å². The summed E-state index contributed by atoms with van der Waals surface area (Å²) >= 11 is 0. The van der Waals surface area contributed by atoms with E-state index in [4.69, 9.17) is 9.47 Å². The van der Waals surface area contributed by atoms with Crippen LogP contribution in [0.3, 0.4) is 0 Å². The number of pyridine rings is 1. The topological polar surface area (TPSA) is 141 Å². The van der Waals surface area contributed by atoms with Crippen molar-refractivity contribution in [3.05, 3.63) is 126 Å². The maximum Gasteiger partial charge on any atom is 0.515 e. The summed E-state index contributed by atoms with van der Waals surface area (Å²) in [5.41, 5.74) is 2.24. The van der Waals surface area contributed by atoms with Crippen molar-refractivity contribution in [1.82, 2.24) is 15.0 Å². The SMILES string of the molecule is O=C(OCc1ccccc1)Oc1ccc(C(=O)NS(=O)(=O)c2ccc(C(=O)NCCCCc3ccccc3)cc2)cn1. The van der Waals surface area contributed by atoms with Gasteiger partial charge < -0.3 is 14.8 Å². The molecule has 4 rings (SSSR count). The number of benzene rings is 3. The van der Waals surface area contributed by atoms with Crippen LogP contribution in [0.5, 0.6) is 5.88 Å². The van der Waals surface area contributed by atoms with E-state index in [9.17, 15) is 22.8 Å². The van der Waals surface area contributed by atoms with Gasteiger partial charge in [0, 0.05) is 24.4 Å². The van der Waals surface area contributed by atoms with Crippen molar-refractivity contribution in [3.63, 3.8) is 0 Å². The Hall–Kier alpha value is -5.03. The number of unbranched alkanes of at least 4 members (excludes halogenated alkanes) is 1. The average molecular weight is 588 g/mol.